The van der Waals surface area contributed by atoms with Crippen molar-refractivity contribution in [3.05, 3.63) is 35.4 Å². The van der Waals surface area contributed by atoms with Crippen molar-refractivity contribution in [2.24, 2.45) is 0 Å². The molecule has 2 rings (SSSR count). The van der Waals surface area contributed by atoms with E-state index in [1.807, 2.05) is 6.07 Å². The Hall–Kier alpha value is -1.39. The van der Waals surface area contributed by atoms with E-state index >= 15 is 0 Å². The van der Waals surface area contributed by atoms with Crippen LogP contribution in [0.15, 0.2) is 24.3 Å². The van der Waals surface area contributed by atoms with Gasteiger partial charge in [0, 0.05) is 0 Å². The number of carbonyl (C=O) groups is 1. The molecular formula is C10H10O4. The van der Waals surface area contributed by atoms with Crippen LogP contribution in [0.2, 0.25) is 0 Å². The van der Waals surface area contributed by atoms with Gasteiger partial charge in [-0.05, 0) is 17.7 Å². The molecule has 0 radical (unpaired) electrons. The van der Waals surface area contributed by atoms with Crippen molar-refractivity contribution >= 4 is 5.97 Å². The zero-order chi connectivity index (χ0) is 9.97. The zero-order valence-electron chi connectivity index (χ0n) is 7.47. The quantitative estimate of drug-likeness (QED) is 0.773. The van der Waals surface area contributed by atoms with Crippen molar-refractivity contribution in [2.75, 3.05) is 13.4 Å². The van der Waals surface area contributed by atoms with Gasteiger partial charge in [0.1, 0.15) is 12.9 Å². The highest BCUT2D eigenvalue weighted by atomic mass is 16.7. The van der Waals surface area contributed by atoms with Gasteiger partial charge >= 0.3 is 5.97 Å². The third-order valence-electron chi connectivity index (χ3n) is 2.13. The molecule has 1 fully saturated rings. The van der Waals surface area contributed by atoms with E-state index in [-0.39, 0.29) is 18.5 Å². The molecule has 1 N–H and O–H groups in total. The maximum absolute atomic E-state index is 10.7. The zero-order valence-corrected chi connectivity index (χ0v) is 7.47. The summed E-state index contributed by atoms with van der Waals surface area (Å²) in [6, 6.07) is 6.72. The lowest BCUT2D eigenvalue weighted by Crippen LogP contribution is -2.02. The van der Waals surface area contributed by atoms with Crippen molar-refractivity contribution in [1.29, 1.82) is 0 Å². The van der Waals surface area contributed by atoms with E-state index in [0.29, 0.717) is 6.61 Å². The van der Waals surface area contributed by atoms with Gasteiger partial charge in [-0.15, -0.1) is 0 Å². The average Bonchev–Trinajstić information content (AvgIpc) is 2.71. The highest BCUT2D eigenvalue weighted by Crippen LogP contribution is 2.22. The molecule has 4 heteroatoms. The fraction of sp³-hybridized carbons (Fsp3) is 0.300. The van der Waals surface area contributed by atoms with E-state index in [2.05, 4.69) is 0 Å². The molecule has 0 spiro atoms. The Balaban J connectivity index is 2.25. The largest absolute Gasteiger partial charge is 0.478 e. The van der Waals surface area contributed by atoms with Crippen LogP contribution in [0, 0.1) is 0 Å². The average molecular weight is 194 g/mol. The second-order valence-electron chi connectivity index (χ2n) is 3.07. The van der Waals surface area contributed by atoms with E-state index in [9.17, 15) is 4.79 Å². The first-order chi connectivity index (χ1) is 6.77. The van der Waals surface area contributed by atoms with E-state index in [1.165, 1.54) is 0 Å². The van der Waals surface area contributed by atoms with Crippen molar-refractivity contribution in [1.82, 2.24) is 0 Å². The molecule has 1 unspecified atom stereocenters. The summed E-state index contributed by atoms with van der Waals surface area (Å²) in [4.78, 5) is 10.7. The van der Waals surface area contributed by atoms with Gasteiger partial charge in [-0.1, -0.05) is 12.1 Å². The van der Waals surface area contributed by atoms with Crippen molar-refractivity contribution in [3.63, 3.8) is 0 Å². The number of carboxylic acid groups (broad SMARTS) is 1. The van der Waals surface area contributed by atoms with Crippen molar-refractivity contribution in [2.45, 2.75) is 6.10 Å². The summed E-state index contributed by atoms with van der Waals surface area (Å²) in [6.45, 7) is 0.769. The molecule has 1 aliphatic rings. The molecule has 1 aromatic carbocycles. The molecule has 0 aliphatic carbocycles. The third kappa shape index (κ3) is 1.76. The van der Waals surface area contributed by atoms with E-state index in [1.54, 1.807) is 18.2 Å². The summed E-state index contributed by atoms with van der Waals surface area (Å²) in [5, 5.41) is 8.78. The summed E-state index contributed by atoms with van der Waals surface area (Å²) >= 11 is 0. The minimum Gasteiger partial charge on any atom is -0.478 e. The van der Waals surface area contributed by atoms with Gasteiger partial charge in [-0.25, -0.2) is 4.79 Å². The molecule has 14 heavy (non-hydrogen) atoms. The van der Waals surface area contributed by atoms with E-state index in [4.69, 9.17) is 14.6 Å². The summed E-state index contributed by atoms with van der Waals surface area (Å²) < 4.78 is 10.3. The van der Waals surface area contributed by atoms with Gasteiger partial charge < -0.3 is 14.6 Å². The van der Waals surface area contributed by atoms with Crippen LogP contribution in [-0.4, -0.2) is 24.5 Å². The predicted octanol–water partition coefficient (Wildman–Crippen LogP) is 1.43. The maximum Gasteiger partial charge on any atom is 0.335 e. The number of rotatable bonds is 2. The molecular weight excluding hydrogens is 184 g/mol. The van der Waals surface area contributed by atoms with Gasteiger partial charge in [-0.2, -0.15) is 0 Å². The Bertz CT molecular complexity index is 342. The van der Waals surface area contributed by atoms with Gasteiger partial charge in [0.15, 0.2) is 0 Å². The van der Waals surface area contributed by atoms with Crippen LogP contribution >= 0.6 is 0 Å². The lowest BCUT2D eigenvalue weighted by atomic mass is 10.1. The fourth-order valence-corrected chi connectivity index (χ4v) is 1.40. The van der Waals surface area contributed by atoms with Crippen LogP contribution < -0.4 is 0 Å². The van der Waals surface area contributed by atoms with Crippen LogP contribution in [-0.2, 0) is 9.47 Å². The van der Waals surface area contributed by atoms with Gasteiger partial charge in [0.05, 0.1) is 12.2 Å². The Morgan fingerprint density at radius 3 is 3.00 bits per heavy atom. The van der Waals surface area contributed by atoms with Gasteiger partial charge in [-0.3, -0.25) is 0 Å². The molecule has 74 valence electrons. The van der Waals surface area contributed by atoms with Gasteiger partial charge in [0.2, 0.25) is 0 Å². The Morgan fingerprint density at radius 2 is 2.36 bits per heavy atom. The van der Waals surface area contributed by atoms with Crippen LogP contribution in [0.3, 0.4) is 0 Å². The number of hydrogen-bond acceptors (Lipinski definition) is 3. The number of benzene rings is 1. The van der Waals surface area contributed by atoms with E-state index < -0.39 is 5.97 Å². The Labute approximate surface area is 81.1 Å². The molecule has 0 aromatic heterocycles. The second-order valence-corrected chi connectivity index (χ2v) is 3.07. The lowest BCUT2D eigenvalue weighted by molar-refractivity contribution is 0.0465. The number of aromatic carboxylic acids is 1. The monoisotopic (exact) mass is 194 g/mol. The highest BCUT2D eigenvalue weighted by molar-refractivity contribution is 5.87. The lowest BCUT2D eigenvalue weighted by Gasteiger charge is -2.07. The molecule has 1 aromatic rings. The van der Waals surface area contributed by atoms with Crippen LogP contribution in [0.4, 0.5) is 0 Å². The normalized spacial score (nSPS) is 21.0. The first kappa shape index (κ1) is 9.18. The van der Waals surface area contributed by atoms with Crippen molar-refractivity contribution < 1.29 is 19.4 Å². The Morgan fingerprint density at radius 1 is 1.50 bits per heavy atom. The smallest absolute Gasteiger partial charge is 0.335 e. The number of hydrogen-bond donors (Lipinski definition) is 1. The summed E-state index contributed by atoms with van der Waals surface area (Å²) in [7, 11) is 0. The van der Waals surface area contributed by atoms with Gasteiger partial charge in [0.25, 0.3) is 0 Å². The summed E-state index contributed by atoms with van der Waals surface area (Å²) in [5.74, 6) is -0.925. The molecule has 1 heterocycles. The molecule has 0 amide bonds. The number of ether oxygens (including phenoxy) is 2. The molecule has 1 atom stereocenters. The first-order valence-electron chi connectivity index (χ1n) is 4.30. The van der Waals surface area contributed by atoms with Crippen LogP contribution in [0.5, 0.6) is 0 Å². The third-order valence-corrected chi connectivity index (χ3v) is 2.13. The predicted molar refractivity (Wildman–Crippen MR) is 48.0 cm³/mol. The van der Waals surface area contributed by atoms with Crippen LogP contribution in [0.1, 0.15) is 22.0 Å². The van der Waals surface area contributed by atoms with Crippen LogP contribution in [0.25, 0.3) is 0 Å². The second kappa shape index (κ2) is 3.77. The van der Waals surface area contributed by atoms with E-state index in [0.717, 1.165) is 5.56 Å². The molecule has 1 saturated heterocycles. The first-order valence-corrected chi connectivity index (χ1v) is 4.30. The molecule has 0 bridgehead atoms. The molecule has 0 saturated carbocycles. The summed E-state index contributed by atoms with van der Waals surface area (Å²) in [6.07, 6.45) is -0.130. The molecule has 4 nitrogen and oxygen atoms in total. The minimum atomic E-state index is -0.925. The number of carboxylic acids is 1. The maximum atomic E-state index is 10.7. The standard InChI is InChI=1S/C10H10O4/c11-10(12)8-3-1-2-7(4-8)9-5-13-6-14-9/h1-4,9H,5-6H2,(H,11,12). The highest BCUT2D eigenvalue weighted by Gasteiger charge is 2.18. The Kier molecular flexibility index (Phi) is 2.47. The minimum absolute atomic E-state index is 0.130. The SMILES string of the molecule is O=C(O)c1cccc(C2COCO2)c1. The summed E-state index contributed by atoms with van der Waals surface area (Å²) in [5.41, 5.74) is 1.13. The van der Waals surface area contributed by atoms with Crippen molar-refractivity contribution in [3.8, 4) is 0 Å². The topological polar surface area (TPSA) is 55.8 Å². The fourth-order valence-electron chi connectivity index (χ4n) is 1.40. The molecule has 1 aliphatic heterocycles.